The molecule has 5 aromatic rings. The third kappa shape index (κ3) is 14.9. The van der Waals surface area contributed by atoms with E-state index in [2.05, 4.69) is 45.9 Å². The maximum absolute atomic E-state index is 12.0. The number of H-pyrrole nitrogens is 1. The van der Waals surface area contributed by atoms with Crippen molar-refractivity contribution >= 4 is 0 Å². The molecule has 0 saturated carbocycles. The fourth-order valence-electron chi connectivity index (χ4n) is 2.62. The number of aryl methyl sites for hydroxylation is 3. The van der Waals surface area contributed by atoms with Gasteiger partial charge >= 0.3 is 0 Å². The predicted octanol–water partition coefficient (Wildman–Crippen LogP) is 1.89. The van der Waals surface area contributed by atoms with Crippen molar-refractivity contribution in [2.75, 3.05) is 6.54 Å². The molecule has 16 heteroatoms. The van der Waals surface area contributed by atoms with Crippen molar-refractivity contribution in [3.05, 3.63) is 109 Å². The minimum absolute atomic E-state index is 0. The summed E-state index contributed by atoms with van der Waals surface area (Å²) in [5.41, 5.74) is 2.70. The van der Waals surface area contributed by atoms with Crippen molar-refractivity contribution in [2.24, 2.45) is 0 Å². The van der Waals surface area contributed by atoms with Crippen LogP contribution >= 0.6 is 0 Å². The van der Waals surface area contributed by atoms with Gasteiger partial charge in [-0.15, -0.1) is 15.0 Å². The van der Waals surface area contributed by atoms with Gasteiger partial charge in [0.05, 0.1) is 35.7 Å². The molecular formula is C24H28FN12Y3+. The van der Waals surface area contributed by atoms with Crippen molar-refractivity contribution in [3.63, 3.8) is 0 Å². The third-order valence-corrected chi connectivity index (χ3v) is 4.33. The Morgan fingerprint density at radius 1 is 0.850 bits per heavy atom. The molecule has 2 N–H and O–H groups in total. The summed E-state index contributed by atoms with van der Waals surface area (Å²) < 4.78 is 13.6. The predicted molar refractivity (Wildman–Crippen MR) is 134 cm³/mol. The van der Waals surface area contributed by atoms with Gasteiger partial charge in [0.2, 0.25) is 0 Å². The van der Waals surface area contributed by atoms with E-state index in [1.54, 1.807) is 41.6 Å². The summed E-state index contributed by atoms with van der Waals surface area (Å²) in [7, 11) is 0. The fourth-order valence-corrected chi connectivity index (χ4v) is 2.62. The molecule has 1 aliphatic heterocycles. The van der Waals surface area contributed by atoms with Crippen LogP contribution in [0.2, 0.25) is 0 Å². The Bertz CT molecular complexity index is 1280. The van der Waals surface area contributed by atoms with Crippen molar-refractivity contribution in [2.45, 2.75) is 20.8 Å². The van der Waals surface area contributed by atoms with Crippen LogP contribution in [-0.2, 0) is 98.1 Å². The largest absolute Gasteiger partial charge is 0.237 e. The molecule has 1 aliphatic rings. The van der Waals surface area contributed by atoms with Crippen LogP contribution in [0.1, 0.15) is 17.1 Å². The van der Waals surface area contributed by atoms with E-state index in [1.165, 1.54) is 11.0 Å². The summed E-state index contributed by atoms with van der Waals surface area (Å²) in [4.78, 5) is 9.73. The van der Waals surface area contributed by atoms with Gasteiger partial charge in [0.15, 0.2) is 11.6 Å². The van der Waals surface area contributed by atoms with Crippen LogP contribution < -0.4 is 5.12 Å². The standard InChI is InChI=1S/2C8H8N4.C5H6FN.C3H5N3.3Y/c1-7-6-12(11-10-7)8-4-2-3-5-9-8;1-7-6-10-12(11-7)8-4-2-3-5-9-8;6-7-4-2-1-3-5-7;1-3-2-4-6-5-3;;;/h2*2-6H,1H3;1-4H,5H2;2H,1H3,(H,4,5,6);;;/p+1. The number of aromatic nitrogens is 11. The molecule has 40 heavy (non-hydrogen) atoms. The number of nitrogens with zero attached hydrogens (tertiary/aromatic N) is 10. The first kappa shape index (κ1) is 38.4. The molecule has 0 saturated heterocycles. The van der Waals surface area contributed by atoms with Gasteiger partial charge in [0, 0.05) is 115 Å². The summed E-state index contributed by atoms with van der Waals surface area (Å²) in [5, 5.41) is 25.6. The molecule has 12 nitrogen and oxygen atoms in total. The molecule has 0 spiro atoms. The SMILES string of the molecule is Cc1cn(-c2ccccn2)nn1.Cc1cn[nH]n1.Cc1cnn(-c2ccccn2)n1.F[NH+]1C=CC=CC1.[Y].[Y].[Y]. The second-order valence-electron chi connectivity index (χ2n) is 7.51. The van der Waals surface area contributed by atoms with E-state index in [4.69, 9.17) is 0 Å². The first-order chi connectivity index (χ1) is 18.0. The van der Waals surface area contributed by atoms with Gasteiger partial charge in [-0.2, -0.15) is 25.6 Å². The number of quaternary nitrogens is 1. The minimum Gasteiger partial charge on any atom is -0.237 e. The molecule has 5 aromatic heterocycles. The van der Waals surface area contributed by atoms with Crippen LogP contribution in [0.3, 0.4) is 0 Å². The number of nitrogens with one attached hydrogen (secondary N) is 2. The second-order valence-corrected chi connectivity index (χ2v) is 7.51. The number of rotatable bonds is 2. The Kier molecular flexibility index (Phi) is 21.2. The van der Waals surface area contributed by atoms with E-state index >= 15 is 0 Å². The van der Waals surface area contributed by atoms with Crippen LogP contribution in [0.4, 0.5) is 4.48 Å². The Morgan fingerprint density at radius 3 is 1.93 bits per heavy atom. The van der Waals surface area contributed by atoms with Gasteiger partial charge in [0.1, 0.15) is 12.7 Å². The number of halogens is 1. The van der Waals surface area contributed by atoms with Crippen LogP contribution in [0, 0.1) is 20.8 Å². The zero-order valence-electron chi connectivity index (χ0n) is 22.4. The maximum atomic E-state index is 12.0. The zero-order chi connectivity index (χ0) is 26.3. The topological polar surface area (TPSA) is 133 Å². The molecule has 1 atom stereocenters. The van der Waals surface area contributed by atoms with Gasteiger partial charge in [-0.3, -0.25) is 0 Å². The summed E-state index contributed by atoms with van der Waals surface area (Å²) in [6, 6.07) is 11.3. The van der Waals surface area contributed by atoms with E-state index < -0.39 is 0 Å². The summed E-state index contributed by atoms with van der Waals surface area (Å²) in [5.74, 6) is 1.53. The quantitative estimate of drug-likeness (QED) is 0.261. The average Bonchev–Trinajstić information content (AvgIpc) is 3.70. The average molecular weight is 770 g/mol. The Balaban J connectivity index is 0.000000514. The van der Waals surface area contributed by atoms with Crippen molar-refractivity contribution in [3.8, 4) is 11.6 Å². The van der Waals surface area contributed by atoms with Gasteiger partial charge in [0.25, 0.3) is 0 Å². The van der Waals surface area contributed by atoms with Crippen LogP contribution in [-0.4, -0.2) is 61.9 Å². The van der Waals surface area contributed by atoms with Crippen molar-refractivity contribution in [1.82, 2.24) is 55.4 Å². The maximum Gasteiger partial charge on any atom is 0.174 e. The van der Waals surface area contributed by atoms with Crippen molar-refractivity contribution in [1.29, 1.82) is 0 Å². The van der Waals surface area contributed by atoms with E-state index in [9.17, 15) is 4.48 Å². The molecule has 0 amide bonds. The molecule has 3 radical (unpaired) electrons. The first-order valence-corrected chi connectivity index (χ1v) is 11.3. The summed E-state index contributed by atoms with van der Waals surface area (Å²) in [6.07, 6.45) is 15.4. The molecule has 0 bridgehead atoms. The molecule has 0 fully saturated rings. The molecule has 6 heterocycles. The number of aromatic amines is 1. The van der Waals surface area contributed by atoms with Gasteiger partial charge in [-0.25, -0.2) is 14.6 Å². The molecule has 199 valence electrons. The Labute approximate surface area is 307 Å². The molecular weight excluding hydrogens is 742 g/mol. The van der Waals surface area contributed by atoms with Gasteiger partial charge in [-0.1, -0.05) is 23.4 Å². The van der Waals surface area contributed by atoms with E-state index in [-0.39, 0.29) is 103 Å². The van der Waals surface area contributed by atoms with Crippen LogP contribution in [0.15, 0.2) is 91.8 Å². The number of allylic oxidation sites excluding steroid dienone is 2. The Hall–Kier alpha value is -1.60. The molecule has 0 aromatic carbocycles. The van der Waals surface area contributed by atoms with E-state index in [0.29, 0.717) is 6.54 Å². The van der Waals surface area contributed by atoms with Crippen LogP contribution in [0.25, 0.3) is 11.6 Å². The number of pyridine rings is 2. The van der Waals surface area contributed by atoms with Gasteiger partial charge in [-0.05, 0) is 57.2 Å². The Morgan fingerprint density at radius 2 is 1.55 bits per heavy atom. The third-order valence-electron chi connectivity index (χ3n) is 4.33. The number of hydrogen-bond donors (Lipinski definition) is 2. The molecule has 0 aliphatic carbocycles. The van der Waals surface area contributed by atoms with E-state index in [0.717, 1.165) is 28.7 Å². The number of hydrogen-bond acceptors (Lipinski definition) is 8. The monoisotopic (exact) mass is 770 g/mol. The molecule has 6 rings (SSSR count). The normalized spacial score (nSPS) is 12.3. The van der Waals surface area contributed by atoms with E-state index in [1.807, 2.05) is 69.4 Å². The van der Waals surface area contributed by atoms with Crippen LogP contribution in [0.5, 0.6) is 0 Å². The van der Waals surface area contributed by atoms with Gasteiger partial charge < -0.3 is 0 Å². The summed E-state index contributed by atoms with van der Waals surface area (Å²) in [6.45, 7) is 6.14. The fraction of sp³-hybridized carbons (Fsp3) is 0.167. The molecule has 1 unspecified atom stereocenters. The first-order valence-electron chi connectivity index (χ1n) is 11.3. The zero-order valence-corrected chi connectivity index (χ0v) is 31.0. The summed E-state index contributed by atoms with van der Waals surface area (Å²) >= 11 is 0. The smallest absolute Gasteiger partial charge is 0.174 e. The van der Waals surface area contributed by atoms with Crippen molar-refractivity contribution < 1.29 is 108 Å². The minimum atomic E-state index is -0.0532. The second kappa shape index (κ2) is 22.1.